The van der Waals surface area contributed by atoms with Gasteiger partial charge in [-0.05, 0) is 47.8 Å². The number of nitrogens with zero attached hydrogens (tertiary/aromatic N) is 1. The third-order valence-corrected chi connectivity index (χ3v) is 3.37. The van der Waals surface area contributed by atoms with Crippen LogP contribution < -0.4 is 0 Å². The molecule has 2 aromatic rings. The van der Waals surface area contributed by atoms with Crippen molar-refractivity contribution in [3.8, 4) is 0 Å². The molecule has 84 valence electrons. The molecule has 3 heteroatoms. The van der Waals surface area contributed by atoms with Crippen molar-refractivity contribution in [3.63, 3.8) is 0 Å². The molecule has 0 unspecified atom stereocenters. The normalized spacial score (nSPS) is 10.8. The van der Waals surface area contributed by atoms with Crippen molar-refractivity contribution in [2.75, 3.05) is 0 Å². The fourth-order valence-corrected chi connectivity index (χ4v) is 2.37. The lowest BCUT2D eigenvalue weighted by atomic mass is 10.0. The number of rotatable bonds is 2. The summed E-state index contributed by atoms with van der Waals surface area (Å²) in [6, 6.07) is 6.55. The summed E-state index contributed by atoms with van der Waals surface area (Å²) in [5, 5.41) is 0. The van der Waals surface area contributed by atoms with E-state index in [1.54, 1.807) is 0 Å². The first-order valence-corrected chi connectivity index (χ1v) is 6.12. The predicted octanol–water partition coefficient (Wildman–Crippen LogP) is 3.69. The number of hydrogen-bond acceptors (Lipinski definition) is 1. The minimum Gasteiger partial charge on any atom is -0.345 e. The van der Waals surface area contributed by atoms with Crippen LogP contribution in [0.4, 0.5) is 0 Å². The second kappa shape index (κ2) is 4.42. The summed E-state index contributed by atoms with van der Waals surface area (Å²) in [5.74, 6) is 0.951. The van der Waals surface area contributed by atoms with E-state index in [-0.39, 0.29) is 0 Å². The Morgan fingerprint density at radius 1 is 1.25 bits per heavy atom. The lowest BCUT2D eigenvalue weighted by Gasteiger charge is -2.05. The Morgan fingerprint density at radius 2 is 2.00 bits per heavy atom. The summed E-state index contributed by atoms with van der Waals surface area (Å²) >= 11 is 3.47. The van der Waals surface area contributed by atoms with Gasteiger partial charge in [0.25, 0.3) is 0 Å². The Hall–Kier alpha value is -1.09. The first-order chi connectivity index (χ1) is 7.56. The van der Waals surface area contributed by atoms with Crippen LogP contribution in [0.2, 0.25) is 0 Å². The highest BCUT2D eigenvalue weighted by molar-refractivity contribution is 9.10. The molecule has 0 aliphatic rings. The van der Waals surface area contributed by atoms with Gasteiger partial charge in [0.1, 0.15) is 10.4 Å². The number of benzene rings is 1. The fraction of sp³-hybridized carbons (Fsp3) is 0.308. The number of imidazole rings is 1. The molecule has 2 nitrogen and oxygen atoms in total. The van der Waals surface area contributed by atoms with Gasteiger partial charge in [0.05, 0.1) is 5.69 Å². The highest BCUT2D eigenvalue weighted by Gasteiger charge is 2.07. The number of hydrogen-bond donors (Lipinski definition) is 1. The van der Waals surface area contributed by atoms with Crippen LogP contribution in [-0.4, -0.2) is 9.97 Å². The molecule has 0 aliphatic heterocycles. The molecule has 16 heavy (non-hydrogen) atoms. The Labute approximate surface area is 104 Å². The zero-order valence-corrected chi connectivity index (χ0v) is 11.4. The Bertz CT molecular complexity index is 515. The van der Waals surface area contributed by atoms with E-state index in [4.69, 9.17) is 0 Å². The molecule has 0 saturated heterocycles. The maximum atomic E-state index is 4.32. The largest absolute Gasteiger partial charge is 0.345 e. The number of aromatic amines is 1. The van der Waals surface area contributed by atoms with Crippen LogP contribution in [0.5, 0.6) is 0 Å². The molecule has 0 saturated carbocycles. The third kappa shape index (κ3) is 2.35. The first-order valence-electron chi connectivity index (χ1n) is 5.33. The summed E-state index contributed by atoms with van der Waals surface area (Å²) in [5.41, 5.74) is 5.12. The average molecular weight is 279 g/mol. The second-order valence-corrected chi connectivity index (χ2v) is 4.95. The smallest absolute Gasteiger partial charge is 0.127 e. The third-order valence-electron chi connectivity index (χ3n) is 2.71. The predicted molar refractivity (Wildman–Crippen MR) is 69.7 cm³/mol. The summed E-state index contributed by atoms with van der Waals surface area (Å²) < 4.78 is 0.921. The van der Waals surface area contributed by atoms with Gasteiger partial charge in [-0.1, -0.05) is 23.8 Å². The first kappa shape index (κ1) is 11.4. The van der Waals surface area contributed by atoms with E-state index < -0.39 is 0 Å². The molecule has 0 fully saturated rings. The molecular weight excluding hydrogens is 264 g/mol. The zero-order valence-electron chi connectivity index (χ0n) is 9.76. The molecule has 1 N–H and O–H groups in total. The van der Waals surface area contributed by atoms with Gasteiger partial charge in [-0.3, -0.25) is 0 Å². The average Bonchev–Trinajstić information content (AvgIpc) is 2.50. The highest BCUT2D eigenvalue weighted by Crippen LogP contribution is 2.20. The monoisotopic (exact) mass is 278 g/mol. The van der Waals surface area contributed by atoms with E-state index >= 15 is 0 Å². The van der Waals surface area contributed by atoms with E-state index in [1.807, 2.05) is 6.92 Å². The van der Waals surface area contributed by atoms with Crippen LogP contribution >= 0.6 is 15.9 Å². The number of halogens is 1. The maximum absolute atomic E-state index is 4.32. The van der Waals surface area contributed by atoms with Crippen molar-refractivity contribution in [2.45, 2.75) is 27.2 Å². The van der Waals surface area contributed by atoms with Gasteiger partial charge >= 0.3 is 0 Å². The van der Waals surface area contributed by atoms with Crippen molar-refractivity contribution >= 4 is 15.9 Å². The molecule has 0 atom stereocenters. The van der Waals surface area contributed by atoms with Gasteiger partial charge < -0.3 is 4.98 Å². The minimum absolute atomic E-state index is 0.896. The number of H-pyrrole nitrogens is 1. The molecule has 1 heterocycles. The van der Waals surface area contributed by atoms with E-state index in [1.165, 1.54) is 16.7 Å². The van der Waals surface area contributed by atoms with Crippen LogP contribution in [0.3, 0.4) is 0 Å². The maximum Gasteiger partial charge on any atom is 0.127 e. The topological polar surface area (TPSA) is 28.7 Å². The van der Waals surface area contributed by atoms with Crippen LogP contribution in [-0.2, 0) is 6.42 Å². The van der Waals surface area contributed by atoms with Crippen LogP contribution in [0.1, 0.15) is 28.2 Å². The Morgan fingerprint density at radius 3 is 2.56 bits per heavy atom. The van der Waals surface area contributed by atoms with Crippen molar-refractivity contribution in [1.82, 2.24) is 9.97 Å². The highest BCUT2D eigenvalue weighted by atomic mass is 79.9. The zero-order chi connectivity index (χ0) is 11.7. The van der Waals surface area contributed by atoms with Gasteiger partial charge in [0.2, 0.25) is 0 Å². The van der Waals surface area contributed by atoms with Crippen molar-refractivity contribution in [2.24, 2.45) is 0 Å². The number of aryl methyl sites for hydroxylation is 3. The summed E-state index contributed by atoms with van der Waals surface area (Å²) in [6.07, 6.45) is 0.896. The van der Waals surface area contributed by atoms with Crippen LogP contribution in [0.15, 0.2) is 22.8 Å². The van der Waals surface area contributed by atoms with Gasteiger partial charge in [0.15, 0.2) is 0 Å². The SMILES string of the molecule is Cc1ccc(Cc2[nH]c(C)nc2Br)c(C)c1. The molecule has 0 amide bonds. The lowest BCUT2D eigenvalue weighted by molar-refractivity contribution is 1.05. The van der Waals surface area contributed by atoms with Crippen molar-refractivity contribution < 1.29 is 0 Å². The van der Waals surface area contributed by atoms with E-state index in [9.17, 15) is 0 Å². The molecule has 0 spiro atoms. The van der Waals surface area contributed by atoms with Crippen LogP contribution in [0.25, 0.3) is 0 Å². The van der Waals surface area contributed by atoms with E-state index in [0.29, 0.717) is 0 Å². The number of aromatic nitrogens is 2. The molecule has 1 aromatic heterocycles. The summed E-state index contributed by atoms with van der Waals surface area (Å²) in [6.45, 7) is 6.24. The quantitative estimate of drug-likeness (QED) is 0.892. The van der Waals surface area contributed by atoms with Gasteiger partial charge in [-0.15, -0.1) is 0 Å². The van der Waals surface area contributed by atoms with Gasteiger partial charge in [0, 0.05) is 6.42 Å². The molecule has 2 rings (SSSR count). The minimum atomic E-state index is 0.896. The fourth-order valence-electron chi connectivity index (χ4n) is 1.86. The Kier molecular flexibility index (Phi) is 3.15. The molecular formula is C13H15BrN2. The second-order valence-electron chi connectivity index (χ2n) is 4.20. The van der Waals surface area contributed by atoms with E-state index in [2.05, 4.69) is 57.9 Å². The summed E-state index contributed by atoms with van der Waals surface area (Å²) in [4.78, 5) is 7.59. The molecule has 0 radical (unpaired) electrons. The van der Waals surface area contributed by atoms with Crippen molar-refractivity contribution in [3.05, 3.63) is 51.0 Å². The van der Waals surface area contributed by atoms with Gasteiger partial charge in [-0.2, -0.15) is 0 Å². The van der Waals surface area contributed by atoms with E-state index in [0.717, 1.165) is 22.5 Å². The summed E-state index contributed by atoms with van der Waals surface area (Å²) in [7, 11) is 0. The Balaban J connectivity index is 2.30. The van der Waals surface area contributed by atoms with Gasteiger partial charge in [-0.25, -0.2) is 4.98 Å². The lowest BCUT2D eigenvalue weighted by Crippen LogP contribution is -1.93. The van der Waals surface area contributed by atoms with Crippen LogP contribution in [0, 0.1) is 20.8 Å². The molecule has 1 aromatic carbocycles. The standard InChI is InChI=1S/C13H15BrN2/c1-8-4-5-11(9(2)6-8)7-12-13(14)16-10(3)15-12/h4-6H,7H2,1-3H3,(H,15,16). The molecule has 0 aliphatic carbocycles. The number of nitrogens with one attached hydrogen (secondary N) is 1. The molecule has 0 bridgehead atoms. The van der Waals surface area contributed by atoms with Crippen molar-refractivity contribution in [1.29, 1.82) is 0 Å².